The summed E-state index contributed by atoms with van der Waals surface area (Å²) in [6, 6.07) is 18.8. The Kier molecular flexibility index (Phi) is 12.5. The summed E-state index contributed by atoms with van der Waals surface area (Å²) >= 11 is 11.8. The topological polar surface area (TPSA) is 81.7 Å². The standard InChI is InChI=1S/C32H34Cl2O8/c1-36-30-24-5-3-4-6-25(24)31(37-2)28-19-22(7-9-26(28)30)21-41-16-15-39-12-11-38-13-14-40-17-18-42-32(35)27-10-8-23(33)20-29(27)34/h3-10,19-20H,11-18,21H2,1-2H3. The summed E-state index contributed by atoms with van der Waals surface area (Å²) in [6.45, 7) is 3.39. The van der Waals surface area contributed by atoms with Gasteiger partial charge in [0.1, 0.15) is 18.1 Å². The zero-order valence-corrected chi connectivity index (χ0v) is 25.2. The van der Waals surface area contributed by atoms with Crippen molar-refractivity contribution in [1.82, 2.24) is 0 Å². The van der Waals surface area contributed by atoms with Crippen LogP contribution in [-0.4, -0.2) is 73.0 Å². The van der Waals surface area contributed by atoms with E-state index < -0.39 is 5.97 Å². The molecule has 8 nitrogen and oxygen atoms in total. The lowest BCUT2D eigenvalue weighted by molar-refractivity contribution is -0.0105. The van der Waals surface area contributed by atoms with Crippen molar-refractivity contribution in [3.8, 4) is 11.5 Å². The molecule has 0 aliphatic rings. The Labute approximate surface area is 255 Å². The van der Waals surface area contributed by atoms with Gasteiger partial charge in [0.25, 0.3) is 0 Å². The number of benzene rings is 4. The molecule has 0 bridgehead atoms. The minimum absolute atomic E-state index is 0.110. The summed E-state index contributed by atoms with van der Waals surface area (Å²) in [4.78, 5) is 12.0. The second kappa shape index (κ2) is 16.5. The highest BCUT2D eigenvalue weighted by molar-refractivity contribution is 6.36. The van der Waals surface area contributed by atoms with Crippen molar-refractivity contribution < 1.29 is 38.0 Å². The van der Waals surface area contributed by atoms with E-state index in [1.807, 2.05) is 36.4 Å². The molecule has 0 saturated heterocycles. The maximum absolute atomic E-state index is 12.0. The molecule has 0 fully saturated rings. The smallest absolute Gasteiger partial charge is 0.339 e. The molecule has 0 N–H and O–H groups in total. The van der Waals surface area contributed by atoms with Crippen LogP contribution in [0.4, 0.5) is 0 Å². The first kappa shape index (κ1) is 31.8. The van der Waals surface area contributed by atoms with E-state index in [9.17, 15) is 4.79 Å². The lowest BCUT2D eigenvalue weighted by Gasteiger charge is -2.16. The highest BCUT2D eigenvalue weighted by atomic mass is 35.5. The SMILES string of the molecule is COc1c2ccccc2c(OC)c2cc(COCCOCCOCCOCCOC(=O)c3ccc(Cl)cc3Cl)ccc12. The van der Waals surface area contributed by atoms with Crippen LogP contribution >= 0.6 is 23.2 Å². The Morgan fingerprint density at radius 2 is 1.17 bits per heavy atom. The van der Waals surface area contributed by atoms with Gasteiger partial charge in [0, 0.05) is 26.6 Å². The van der Waals surface area contributed by atoms with Gasteiger partial charge in [0.15, 0.2) is 0 Å². The predicted octanol–water partition coefficient (Wildman–Crippen LogP) is 6.74. The first-order valence-electron chi connectivity index (χ1n) is 13.5. The van der Waals surface area contributed by atoms with Crippen LogP contribution in [0.5, 0.6) is 11.5 Å². The van der Waals surface area contributed by atoms with Crippen LogP contribution in [-0.2, 0) is 30.3 Å². The third kappa shape index (κ3) is 8.47. The maximum Gasteiger partial charge on any atom is 0.339 e. The van der Waals surface area contributed by atoms with Crippen molar-refractivity contribution in [2.45, 2.75) is 6.61 Å². The molecule has 4 rings (SSSR count). The predicted molar refractivity (Wildman–Crippen MR) is 163 cm³/mol. The average Bonchev–Trinajstić information content (AvgIpc) is 2.99. The van der Waals surface area contributed by atoms with Crippen molar-refractivity contribution in [2.75, 3.05) is 67.1 Å². The molecule has 4 aromatic carbocycles. The number of rotatable bonds is 17. The number of halogens is 2. The molecule has 10 heteroatoms. The summed E-state index contributed by atoms with van der Waals surface area (Å²) in [5.41, 5.74) is 1.30. The largest absolute Gasteiger partial charge is 0.495 e. The van der Waals surface area contributed by atoms with Crippen molar-refractivity contribution in [2.24, 2.45) is 0 Å². The molecule has 0 saturated carbocycles. The van der Waals surface area contributed by atoms with Crippen LogP contribution in [0, 0.1) is 0 Å². The molecule has 0 heterocycles. The van der Waals surface area contributed by atoms with Gasteiger partial charge in [0.05, 0.1) is 77.7 Å². The van der Waals surface area contributed by atoms with Crippen molar-refractivity contribution in [3.63, 3.8) is 0 Å². The fourth-order valence-electron chi connectivity index (χ4n) is 4.45. The number of fused-ring (bicyclic) bond motifs is 2. The lowest BCUT2D eigenvalue weighted by Crippen LogP contribution is -2.14. The molecule has 0 aromatic heterocycles. The van der Waals surface area contributed by atoms with Crippen LogP contribution in [0.1, 0.15) is 15.9 Å². The molecule has 0 spiro atoms. The number of carbonyl (C=O) groups excluding carboxylic acids is 1. The van der Waals surface area contributed by atoms with E-state index in [1.165, 1.54) is 12.1 Å². The Morgan fingerprint density at radius 1 is 0.619 bits per heavy atom. The van der Waals surface area contributed by atoms with E-state index in [1.54, 1.807) is 20.3 Å². The van der Waals surface area contributed by atoms with E-state index in [0.717, 1.165) is 38.6 Å². The van der Waals surface area contributed by atoms with E-state index in [2.05, 4.69) is 6.07 Å². The van der Waals surface area contributed by atoms with Crippen LogP contribution in [0.25, 0.3) is 21.5 Å². The first-order valence-corrected chi connectivity index (χ1v) is 14.3. The van der Waals surface area contributed by atoms with Crippen LogP contribution in [0.3, 0.4) is 0 Å². The summed E-state index contributed by atoms with van der Waals surface area (Å²) in [5.74, 6) is 1.13. The van der Waals surface area contributed by atoms with Crippen molar-refractivity contribution >= 4 is 50.7 Å². The molecule has 0 aliphatic carbocycles. The van der Waals surface area contributed by atoms with Gasteiger partial charge in [-0.05, 0) is 29.8 Å². The molecule has 0 amide bonds. The van der Waals surface area contributed by atoms with E-state index >= 15 is 0 Å². The van der Waals surface area contributed by atoms with Gasteiger partial charge in [-0.15, -0.1) is 0 Å². The molecule has 0 unspecified atom stereocenters. The first-order chi connectivity index (χ1) is 20.5. The van der Waals surface area contributed by atoms with Gasteiger partial charge in [0.2, 0.25) is 0 Å². The third-order valence-electron chi connectivity index (χ3n) is 6.39. The Bertz CT molecular complexity index is 1480. The second-order valence-electron chi connectivity index (χ2n) is 9.14. The Hall–Kier alpha value is -3.11. The molecule has 0 radical (unpaired) electrons. The molecular weight excluding hydrogens is 583 g/mol. The minimum atomic E-state index is -0.524. The number of esters is 1. The third-order valence-corrected chi connectivity index (χ3v) is 6.94. The second-order valence-corrected chi connectivity index (χ2v) is 9.99. The van der Waals surface area contributed by atoms with Crippen molar-refractivity contribution in [3.05, 3.63) is 81.8 Å². The quantitative estimate of drug-likeness (QED) is 0.0733. The molecule has 4 aromatic rings. The number of ether oxygens (including phenoxy) is 7. The number of carbonyl (C=O) groups is 1. The van der Waals surface area contributed by atoms with Crippen LogP contribution in [0.15, 0.2) is 60.7 Å². The molecule has 0 aliphatic heterocycles. The monoisotopic (exact) mass is 616 g/mol. The summed E-state index contributed by atoms with van der Waals surface area (Å²) in [6.07, 6.45) is 0. The molecule has 42 heavy (non-hydrogen) atoms. The summed E-state index contributed by atoms with van der Waals surface area (Å²) < 4.78 is 39.0. The minimum Gasteiger partial charge on any atom is -0.495 e. The maximum atomic E-state index is 12.0. The van der Waals surface area contributed by atoms with Gasteiger partial charge in [-0.1, -0.05) is 59.6 Å². The van der Waals surface area contributed by atoms with E-state index in [0.29, 0.717) is 51.3 Å². The van der Waals surface area contributed by atoms with Crippen LogP contribution in [0.2, 0.25) is 10.0 Å². The normalized spacial score (nSPS) is 11.2. The number of hydrogen-bond donors (Lipinski definition) is 0. The van der Waals surface area contributed by atoms with Gasteiger partial charge in [-0.2, -0.15) is 0 Å². The lowest BCUT2D eigenvalue weighted by atomic mass is 9.99. The van der Waals surface area contributed by atoms with Gasteiger partial charge >= 0.3 is 5.97 Å². The Morgan fingerprint density at radius 3 is 1.76 bits per heavy atom. The van der Waals surface area contributed by atoms with Gasteiger partial charge in [-0.3, -0.25) is 0 Å². The fourth-order valence-corrected chi connectivity index (χ4v) is 4.94. The molecular formula is C32H34Cl2O8. The van der Waals surface area contributed by atoms with Gasteiger partial charge in [-0.25, -0.2) is 4.79 Å². The van der Waals surface area contributed by atoms with Crippen molar-refractivity contribution in [1.29, 1.82) is 0 Å². The summed E-state index contributed by atoms with van der Waals surface area (Å²) in [5, 5.41) is 4.70. The average molecular weight is 618 g/mol. The highest BCUT2D eigenvalue weighted by Crippen LogP contribution is 2.42. The van der Waals surface area contributed by atoms with Crippen LogP contribution < -0.4 is 9.47 Å². The highest BCUT2D eigenvalue weighted by Gasteiger charge is 2.15. The number of hydrogen-bond acceptors (Lipinski definition) is 8. The fraction of sp³-hybridized carbons (Fsp3) is 0.344. The van der Waals surface area contributed by atoms with E-state index in [4.69, 9.17) is 56.4 Å². The zero-order chi connectivity index (χ0) is 29.7. The van der Waals surface area contributed by atoms with Gasteiger partial charge < -0.3 is 33.2 Å². The number of methoxy groups -OCH3 is 2. The van der Waals surface area contributed by atoms with E-state index in [-0.39, 0.29) is 23.8 Å². The zero-order valence-electron chi connectivity index (χ0n) is 23.7. The Balaban J connectivity index is 1.06. The molecule has 0 atom stereocenters. The molecule has 224 valence electrons. The summed E-state index contributed by atoms with van der Waals surface area (Å²) in [7, 11) is 3.37.